The summed E-state index contributed by atoms with van der Waals surface area (Å²) in [4.78, 5) is 0.0369. The van der Waals surface area contributed by atoms with E-state index in [0.717, 1.165) is 0 Å². The van der Waals surface area contributed by atoms with E-state index in [9.17, 15) is 8.42 Å². The number of nitrogens with two attached hydrogens (primary N) is 1. The molecule has 1 rings (SSSR count). The van der Waals surface area contributed by atoms with Crippen LogP contribution in [0.3, 0.4) is 0 Å². The lowest BCUT2D eigenvalue weighted by atomic mass is 10.2. The van der Waals surface area contributed by atoms with Crippen LogP contribution < -0.4 is 15.2 Å². The molecule has 0 spiro atoms. The van der Waals surface area contributed by atoms with Gasteiger partial charge in [-0.15, -0.1) is 0 Å². The van der Waals surface area contributed by atoms with Crippen molar-refractivity contribution in [2.24, 2.45) is 0 Å². The van der Waals surface area contributed by atoms with E-state index in [-0.39, 0.29) is 30.2 Å². The smallest absolute Gasteiger partial charge is 0.240 e. The zero-order chi connectivity index (χ0) is 15.2. The second-order valence-corrected chi connectivity index (χ2v) is 5.90. The van der Waals surface area contributed by atoms with Crippen LogP contribution in [0.25, 0.3) is 0 Å². The van der Waals surface area contributed by atoms with Crippen molar-refractivity contribution in [3.63, 3.8) is 0 Å². The minimum Gasteiger partial charge on any atom is -0.495 e. The maximum Gasteiger partial charge on any atom is 0.240 e. The van der Waals surface area contributed by atoms with E-state index in [1.165, 1.54) is 32.4 Å². The maximum absolute atomic E-state index is 12.2. The van der Waals surface area contributed by atoms with Gasteiger partial charge in [0.05, 0.1) is 24.3 Å². The first-order valence-electron chi connectivity index (χ1n) is 6.00. The Hall–Kier alpha value is -1.35. The second-order valence-electron chi connectivity index (χ2n) is 4.19. The van der Waals surface area contributed by atoms with Crippen LogP contribution in [-0.2, 0) is 14.8 Å². The molecule has 0 bridgehead atoms. The van der Waals surface area contributed by atoms with Crippen molar-refractivity contribution in [1.29, 1.82) is 0 Å². The number of hydrogen-bond acceptors (Lipinski definition) is 6. The number of sulfonamides is 1. The number of aliphatic hydroxyl groups excluding tert-OH is 1. The molecule has 0 amide bonds. The van der Waals surface area contributed by atoms with Crippen molar-refractivity contribution in [2.75, 3.05) is 33.2 Å². The molecular weight excluding hydrogens is 284 g/mol. The van der Waals surface area contributed by atoms with E-state index in [1.807, 2.05) is 0 Å². The highest BCUT2D eigenvalue weighted by Crippen LogP contribution is 2.24. The topological polar surface area (TPSA) is 111 Å². The van der Waals surface area contributed by atoms with Crippen LogP contribution in [0.4, 0.5) is 5.69 Å². The molecule has 0 aliphatic rings. The van der Waals surface area contributed by atoms with Crippen LogP contribution in [-0.4, -0.2) is 47.0 Å². The van der Waals surface area contributed by atoms with Crippen molar-refractivity contribution < 1.29 is 23.0 Å². The van der Waals surface area contributed by atoms with Crippen molar-refractivity contribution in [3.8, 4) is 5.75 Å². The lowest BCUT2D eigenvalue weighted by Gasteiger charge is -2.17. The first kappa shape index (κ1) is 16.7. The lowest BCUT2D eigenvalue weighted by molar-refractivity contribution is 0.158. The third-order valence-electron chi connectivity index (χ3n) is 2.68. The molecule has 0 saturated heterocycles. The Kier molecular flexibility index (Phi) is 6.21. The highest BCUT2D eigenvalue weighted by Gasteiger charge is 2.20. The van der Waals surface area contributed by atoms with E-state index in [1.54, 1.807) is 0 Å². The van der Waals surface area contributed by atoms with Crippen LogP contribution in [0.2, 0.25) is 0 Å². The number of rotatable bonds is 8. The Labute approximate surface area is 118 Å². The molecular formula is C12H20N2O5S. The lowest BCUT2D eigenvalue weighted by Crippen LogP contribution is -2.38. The average Bonchev–Trinajstić information content (AvgIpc) is 2.38. The maximum atomic E-state index is 12.2. The quantitative estimate of drug-likeness (QED) is 0.581. The molecule has 1 aromatic rings. The minimum atomic E-state index is -3.73. The van der Waals surface area contributed by atoms with Crippen molar-refractivity contribution in [1.82, 2.24) is 4.72 Å². The summed E-state index contributed by atoms with van der Waals surface area (Å²) in [7, 11) is -0.813. The highest BCUT2D eigenvalue weighted by molar-refractivity contribution is 7.89. The molecule has 0 heterocycles. The summed E-state index contributed by atoms with van der Waals surface area (Å²) in [5, 5.41) is 8.92. The fraction of sp³-hybridized carbons (Fsp3) is 0.500. The van der Waals surface area contributed by atoms with Gasteiger partial charge in [-0.05, 0) is 24.6 Å². The standard InChI is InChI=1S/C12H20N2O5S/c1-18-8-9(5-6-15)14-20(16,17)10-3-4-12(19-2)11(13)7-10/h3-4,7,9,14-15H,5-6,8,13H2,1-2H3. The van der Waals surface area contributed by atoms with Gasteiger partial charge >= 0.3 is 0 Å². The number of ether oxygens (including phenoxy) is 2. The Balaban J connectivity index is 2.94. The van der Waals surface area contributed by atoms with Crippen LogP contribution in [0, 0.1) is 0 Å². The molecule has 20 heavy (non-hydrogen) atoms. The van der Waals surface area contributed by atoms with Crippen molar-refractivity contribution in [3.05, 3.63) is 18.2 Å². The number of benzene rings is 1. The number of nitrogens with one attached hydrogen (secondary N) is 1. The molecule has 7 nitrogen and oxygen atoms in total. The summed E-state index contributed by atoms with van der Waals surface area (Å²) in [6.07, 6.45) is 0.263. The summed E-state index contributed by atoms with van der Waals surface area (Å²) in [6, 6.07) is 3.71. The number of hydrogen-bond donors (Lipinski definition) is 3. The monoisotopic (exact) mass is 304 g/mol. The zero-order valence-electron chi connectivity index (χ0n) is 11.5. The zero-order valence-corrected chi connectivity index (χ0v) is 12.3. The van der Waals surface area contributed by atoms with Crippen molar-refractivity contribution in [2.45, 2.75) is 17.4 Å². The first-order chi connectivity index (χ1) is 9.44. The largest absolute Gasteiger partial charge is 0.495 e. The Morgan fingerprint density at radius 2 is 2.10 bits per heavy atom. The molecule has 1 atom stereocenters. The Bertz CT molecular complexity index is 527. The molecule has 0 aromatic heterocycles. The van der Waals surface area contributed by atoms with E-state index in [2.05, 4.69) is 4.72 Å². The summed E-state index contributed by atoms with van der Waals surface area (Å²) in [5.41, 5.74) is 5.93. The molecule has 0 aliphatic carbocycles. The van der Waals surface area contributed by atoms with E-state index < -0.39 is 16.1 Å². The van der Waals surface area contributed by atoms with Gasteiger partial charge in [0.2, 0.25) is 10.0 Å². The van der Waals surface area contributed by atoms with Gasteiger partial charge in [-0.3, -0.25) is 0 Å². The number of aliphatic hydroxyl groups is 1. The number of anilines is 1. The predicted molar refractivity (Wildman–Crippen MR) is 75.1 cm³/mol. The van der Waals surface area contributed by atoms with Gasteiger partial charge in [0, 0.05) is 19.8 Å². The molecule has 0 aliphatic heterocycles. The third-order valence-corrected chi connectivity index (χ3v) is 4.20. The molecule has 0 saturated carbocycles. The SMILES string of the molecule is COCC(CCO)NS(=O)(=O)c1ccc(OC)c(N)c1. The van der Waals surface area contributed by atoms with Gasteiger partial charge in [0.25, 0.3) is 0 Å². The molecule has 114 valence electrons. The molecule has 0 fully saturated rings. The first-order valence-corrected chi connectivity index (χ1v) is 7.48. The fourth-order valence-electron chi connectivity index (χ4n) is 1.70. The minimum absolute atomic E-state index is 0.0369. The van der Waals surface area contributed by atoms with Gasteiger partial charge in [-0.2, -0.15) is 0 Å². The fourth-order valence-corrected chi connectivity index (χ4v) is 2.99. The molecule has 1 aromatic carbocycles. The molecule has 8 heteroatoms. The van der Waals surface area contributed by atoms with Crippen LogP contribution >= 0.6 is 0 Å². The van der Waals surface area contributed by atoms with Crippen LogP contribution in [0.15, 0.2) is 23.1 Å². The van der Waals surface area contributed by atoms with E-state index in [0.29, 0.717) is 5.75 Å². The molecule has 4 N–H and O–H groups in total. The van der Waals surface area contributed by atoms with Gasteiger partial charge < -0.3 is 20.3 Å². The van der Waals surface area contributed by atoms with Gasteiger partial charge in [-0.1, -0.05) is 0 Å². The average molecular weight is 304 g/mol. The Morgan fingerprint density at radius 1 is 1.40 bits per heavy atom. The van der Waals surface area contributed by atoms with Crippen LogP contribution in [0.5, 0.6) is 5.75 Å². The second kappa shape index (κ2) is 7.44. The highest BCUT2D eigenvalue weighted by atomic mass is 32.2. The van der Waals surface area contributed by atoms with Crippen molar-refractivity contribution >= 4 is 15.7 Å². The molecule has 0 radical (unpaired) electrons. The normalized spacial score (nSPS) is 13.2. The third kappa shape index (κ3) is 4.34. The Morgan fingerprint density at radius 3 is 2.60 bits per heavy atom. The summed E-state index contributed by atoms with van der Waals surface area (Å²) in [6.45, 7) is 0.0344. The summed E-state index contributed by atoms with van der Waals surface area (Å²) >= 11 is 0. The van der Waals surface area contributed by atoms with Gasteiger partial charge in [0.1, 0.15) is 5.75 Å². The van der Waals surface area contributed by atoms with Crippen LogP contribution in [0.1, 0.15) is 6.42 Å². The van der Waals surface area contributed by atoms with Gasteiger partial charge in [0.15, 0.2) is 0 Å². The van der Waals surface area contributed by atoms with E-state index >= 15 is 0 Å². The van der Waals surface area contributed by atoms with Gasteiger partial charge in [-0.25, -0.2) is 13.1 Å². The summed E-state index contributed by atoms with van der Waals surface area (Å²) < 4.78 is 36.8. The number of nitrogen functional groups attached to an aromatic ring is 1. The number of methoxy groups -OCH3 is 2. The summed E-state index contributed by atoms with van der Waals surface area (Å²) in [5.74, 6) is 0.410. The molecule has 1 unspecified atom stereocenters. The predicted octanol–water partition coefficient (Wildman–Crippen LogP) is -0.0469. The van der Waals surface area contributed by atoms with E-state index in [4.69, 9.17) is 20.3 Å².